The Morgan fingerprint density at radius 1 is 0.280 bits per heavy atom. The van der Waals surface area contributed by atoms with Crippen molar-refractivity contribution in [1.29, 1.82) is 0 Å². The van der Waals surface area contributed by atoms with Crippen LogP contribution in [0, 0.1) is 23.7 Å². The maximum absolute atomic E-state index is 6.20. The average molecular weight is 1250 g/mol. The summed E-state index contributed by atoms with van der Waals surface area (Å²) in [4.78, 5) is 0. The largest absolute Gasteiger partial charge is 0.122 e. The summed E-state index contributed by atoms with van der Waals surface area (Å²) in [6, 6.07) is 0. The van der Waals surface area contributed by atoms with Crippen molar-refractivity contribution in [1.82, 2.24) is 0 Å². The zero-order chi connectivity index (χ0) is 58.7. The molecule has 0 unspecified atom stereocenters. The Bertz CT molecular complexity index is 3160. The molecule has 0 saturated heterocycles. The summed E-state index contributed by atoms with van der Waals surface area (Å²) >= 11 is 13.5. The topological polar surface area (TPSA) is 0 Å². The molecule has 0 fully saturated rings. The lowest BCUT2D eigenvalue weighted by Gasteiger charge is -2.17. The molecule has 0 nitrogen and oxygen atoms in total. The fourth-order valence-electron chi connectivity index (χ4n) is 10.6. The Labute approximate surface area is 525 Å². The molecule has 442 valence electrons. The number of rotatable bonds is 7. The molecule has 8 aliphatic carbocycles. The Balaban J connectivity index is 0.000000369. The van der Waals surface area contributed by atoms with Gasteiger partial charge in [-0.15, -0.1) is 11.6 Å². The summed E-state index contributed by atoms with van der Waals surface area (Å²) in [5, 5.41) is 1.78. The number of hydrogen-bond donors (Lipinski definition) is 0. The third-order valence-corrected chi connectivity index (χ3v) is 18.1. The molecule has 0 aliphatic heterocycles. The zero-order valence-electron chi connectivity index (χ0n) is 52.1. The maximum atomic E-state index is 6.20. The third kappa shape index (κ3) is 17.5. The molecule has 0 atom stereocenters. The molecule has 0 radical (unpaired) electrons. The van der Waals surface area contributed by atoms with Crippen LogP contribution in [0.25, 0.3) is 0 Å². The summed E-state index contributed by atoms with van der Waals surface area (Å²) in [6.45, 7) is 46.7. The van der Waals surface area contributed by atoms with Crippen LogP contribution in [-0.2, 0) is 0 Å². The van der Waals surface area contributed by atoms with Crippen LogP contribution in [0.15, 0.2) is 278 Å². The molecule has 0 spiro atoms. The Morgan fingerprint density at radius 2 is 0.512 bits per heavy atom. The van der Waals surface area contributed by atoms with Gasteiger partial charge in [0.15, 0.2) is 0 Å². The Morgan fingerprint density at radius 3 is 0.841 bits per heavy atom. The minimum Gasteiger partial charge on any atom is -0.122 e. The minimum absolute atomic E-state index is 0. The van der Waals surface area contributed by atoms with Gasteiger partial charge in [0, 0.05) is 16.5 Å². The van der Waals surface area contributed by atoms with Crippen molar-refractivity contribution < 1.29 is 0 Å². The maximum Gasteiger partial charge on any atom is 0.0480 e. The van der Waals surface area contributed by atoms with E-state index >= 15 is 0 Å². The van der Waals surface area contributed by atoms with E-state index in [9.17, 15) is 0 Å². The summed E-state index contributed by atoms with van der Waals surface area (Å²) in [5.74, 6) is 2.70. The van der Waals surface area contributed by atoms with Crippen LogP contribution in [-0.4, -0.2) is 16.5 Å². The van der Waals surface area contributed by atoms with Crippen molar-refractivity contribution in [3.8, 4) is 0 Å². The summed E-state index contributed by atoms with van der Waals surface area (Å²) in [6.07, 6.45) is 45.3. The SMILES string of the molecule is C.C.C.CC1=CC=C(C)C(C)=C2C(C)=CC=C(C(C)C)C=C12.CC1=CC=C(C)C(C)=C2C(CBr)=CC=C(C(C)C)C=C12.CC1=CC=C(CBr)C2=CC(C(C)C)=CC=C(C)C2=C1C.CC1=CC=C(CCl)C2=CC(C(C)C)=CC=C(C)C2=C1C. The van der Waals surface area contributed by atoms with Crippen LogP contribution in [0.1, 0.15) is 168 Å². The molecule has 0 N–H and O–H groups in total. The van der Waals surface area contributed by atoms with Crippen LogP contribution < -0.4 is 0 Å². The Kier molecular flexibility index (Phi) is 29.3. The first-order valence-corrected chi connectivity index (χ1v) is 31.5. The molecular weight excluding hydrogens is 1140 g/mol. The summed E-state index contributed by atoms with van der Waals surface area (Å²) in [5.41, 5.74) is 38.1. The molecular formula is C79H105Br2Cl. The van der Waals surface area contributed by atoms with Crippen molar-refractivity contribution >= 4 is 43.5 Å². The Hall–Kier alpha value is -4.99. The molecule has 0 saturated carbocycles. The highest BCUT2D eigenvalue weighted by atomic mass is 79.9. The molecule has 0 aromatic heterocycles. The van der Waals surface area contributed by atoms with Crippen LogP contribution in [0.2, 0.25) is 0 Å². The fraction of sp³-hybridized carbons (Fsp3) is 0.392. The van der Waals surface area contributed by atoms with Gasteiger partial charge in [0.1, 0.15) is 0 Å². The second-order valence-electron chi connectivity index (χ2n) is 23.6. The highest BCUT2D eigenvalue weighted by molar-refractivity contribution is 9.09. The lowest BCUT2D eigenvalue weighted by atomic mass is 9.88. The first kappa shape index (κ1) is 73.1. The number of fused-ring (bicyclic) bond motifs is 4. The first-order chi connectivity index (χ1) is 37.3. The molecule has 82 heavy (non-hydrogen) atoms. The zero-order valence-corrected chi connectivity index (χ0v) is 56.0. The molecule has 0 heterocycles. The van der Waals surface area contributed by atoms with E-state index in [0.29, 0.717) is 29.6 Å². The van der Waals surface area contributed by atoms with Gasteiger partial charge in [-0.25, -0.2) is 0 Å². The smallest absolute Gasteiger partial charge is 0.0480 e. The van der Waals surface area contributed by atoms with E-state index in [-0.39, 0.29) is 22.3 Å². The van der Waals surface area contributed by atoms with Crippen molar-refractivity contribution in [3.05, 3.63) is 278 Å². The molecule has 8 rings (SSSR count). The summed E-state index contributed by atoms with van der Waals surface area (Å²) < 4.78 is 0. The van der Waals surface area contributed by atoms with E-state index in [1.165, 1.54) is 156 Å². The van der Waals surface area contributed by atoms with Gasteiger partial charge in [-0.05, 0) is 270 Å². The number of halogens is 3. The van der Waals surface area contributed by atoms with E-state index in [0.717, 1.165) is 10.7 Å². The normalized spacial score (nSPS) is 18.8. The standard InChI is InChI=1S/2C19H23Br.C19H23Cl.C19H24.3CH4/c1-12(2)16-8-7-14(4)19-15(5)13(3)6-9-17(11-20)18(19)10-16;1-12(2)16-8-9-17(11-20)19-15(5)13(3)6-7-14(4)18(19)10-16;1-12(2)16-8-7-14(4)19-15(5)13(3)6-9-17(11-20)18(19)10-16;1-12(2)17-10-9-15(5)19-16(6)13(3)7-8-14(4)18(19)11-17;;;/h3*6-10,12H,11H2,1-5H3;7-12H,1-6H3;3*1H4. The molecule has 0 aromatic rings. The van der Waals surface area contributed by atoms with E-state index in [4.69, 9.17) is 11.6 Å². The first-order valence-electron chi connectivity index (χ1n) is 28.7. The second-order valence-corrected chi connectivity index (χ2v) is 25.0. The van der Waals surface area contributed by atoms with Crippen LogP contribution in [0.3, 0.4) is 0 Å². The highest BCUT2D eigenvalue weighted by Gasteiger charge is 2.24. The number of allylic oxidation sites excluding steroid dienone is 48. The van der Waals surface area contributed by atoms with E-state index in [1.807, 2.05) is 0 Å². The molecule has 3 heteroatoms. The second kappa shape index (κ2) is 32.9. The predicted octanol–water partition coefficient (Wildman–Crippen LogP) is 25.6. The number of alkyl halides is 3. The van der Waals surface area contributed by atoms with Crippen LogP contribution in [0.5, 0.6) is 0 Å². The minimum atomic E-state index is 0. The molecule has 0 aromatic carbocycles. The lowest BCUT2D eigenvalue weighted by molar-refractivity contribution is 0.791. The van der Waals surface area contributed by atoms with Crippen molar-refractivity contribution in [2.45, 2.75) is 168 Å². The predicted molar refractivity (Wildman–Crippen MR) is 381 cm³/mol. The van der Waals surface area contributed by atoms with Gasteiger partial charge >= 0.3 is 0 Å². The monoisotopic (exact) mass is 1250 g/mol. The molecule has 8 aliphatic rings. The van der Waals surface area contributed by atoms with E-state index in [1.54, 1.807) is 0 Å². The van der Waals surface area contributed by atoms with Crippen molar-refractivity contribution in [3.63, 3.8) is 0 Å². The van der Waals surface area contributed by atoms with Crippen LogP contribution in [0.4, 0.5) is 0 Å². The van der Waals surface area contributed by atoms with Gasteiger partial charge < -0.3 is 0 Å². The number of hydrogen-bond acceptors (Lipinski definition) is 0. The van der Waals surface area contributed by atoms with Gasteiger partial charge in [-0.2, -0.15) is 0 Å². The lowest BCUT2D eigenvalue weighted by Crippen LogP contribution is -2.01. The van der Waals surface area contributed by atoms with Crippen molar-refractivity contribution in [2.24, 2.45) is 23.7 Å². The van der Waals surface area contributed by atoms with E-state index < -0.39 is 0 Å². The summed E-state index contributed by atoms with van der Waals surface area (Å²) in [7, 11) is 0. The highest BCUT2D eigenvalue weighted by Crippen LogP contribution is 2.42. The van der Waals surface area contributed by atoms with Gasteiger partial charge in [0.2, 0.25) is 0 Å². The van der Waals surface area contributed by atoms with E-state index in [2.05, 4.69) is 299 Å². The molecule has 0 amide bonds. The fourth-order valence-corrected chi connectivity index (χ4v) is 11.8. The van der Waals surface area contributed by atoms with Crippen molar-refractivity contribution in [2.75, 3.05) is 16.5 Å². The third-order valence-electron chi connectivity index (χ3n) is 16.6. The van der Waals surface area contributed by atoms with Gasteiger partial charge in [0.25, 0.3) is 0 Å². The van der Waals surface area contributed by atoms with Gasteiger partial charge in [-0.3, -0.25) is 0 Å². The van der Waals surface area contributed by atoms with Gasteiger partial charge in [0.05, 0.1) is 0 Å². The average Bonchev–Trinajstić information content (AvgIpc) is 4.25. The van der Waals surface area contributed by atoms with Crippen LogP contribution >= 0.6 is 43.5 Å². The van der Waals surface area contributed by atoms with Gasteiger partial charge in [-0.1, -0.05) is 231 Å². The molecule has 0 bridgehead atoms. The quantitative estimate of drug-likeness (QED) is 0.223.